The predicted molar refractivity (Wildman–Crippen MR) is 107 cm³/mol. The second kappa shape index (κ2) is 7.47. The van der Waals surface area contributed by atoms with Gasteiger partial charge in [-0.1, -0.05) is 53.8 Å². The molecule has 25 heavy (non-hydrogen) atoms. The first-order chi connectivity index (χ1) is 12.0. The van der Waals surface area contributed by atoms with Crippen LogP contribution in [0.1, 0.15) is 5.56 Å². The van der Waals surface area contributed by atoms with Gasteiger partial charge in [-0.05, 0) is 30.3 Å². The van der Waals surface area contributed by atoms with Gasteiger partial charge in [0.1, 0.15) is 0 Å². The molecule has 0 unspecified atom stereocenters. The van der Waals surface area contributed by atoms with Crippen molar-refractivity contribution in [3.05, 3.63) is 58.0 Å². The molecule has 1 amide bonds. The topological polar surface area (TPSA) is 38.8 Å². The van der Waals surface area contributed by atoms with Gasteiger partial charge in [0.15, 0.2) is 15.8 Å². The van der Waals surface area contributed by atoms with Crippen LogP contribution in [0.25, 0.3) is 6.08 Å². The van der Waals surface area contributed by atoms with Gasteiger partial charge >= 0.3 is 0 Å². The minimum Gasteiger partial charge on any atom is -0.493 e. The zero-order valence-corrected chi connectivity index (χ0v) is 15.9. The van der Waals surface area contributed by atoms with Crippen molar-refractivity contribution in [1.29, 1.82) is 0 Å². The second-order valence-corrected chi connectivity index (χ2v) is 7.19. The fourth-order valence-corrected chi connectivity index (χ4v) is 3.95. The second-order valence-electron chi connectivity index (χ2n) is 5.08. The summed E-state index contributed by atoms with van der Waals surface area (Å²) in [5.41, 5.74) is 1.39. The van der Waals surface area contributed by atoms with Crippen LogP contribution >= 0.6 is 35.6 Å². The first-order valence-corrected chi connectivity index (χ1v) is 8.90. The SMILES string of the molecule is COc1cccc(/C=C2\SC(=S)N(c3cccc(Cl)c3)C2=O)c1OC. The maximum atomic E-state index is 12.8. The van der Waals surface area contributed by atoms with Crippen molar-refractivity contribution in [2.45, 2.75) is 0 Å². The monoisotopic (exact) mass is 391 g/mol. The van der Waals surface area contributed by atoms with E-state index >= 15 is 0 Å². The molecule has 7 heteroatoms. The van der Waals surface area contributed by atoms with Gasteiger partial charge in [0, 0.05) is 10.6 Å². The summed E-state index contributed by atoms with van der Waals surface area (Å²) in [6.45, 7) is 0. The van der Waals surface area contributed by atoms with E-state index in [1.165, 1.54) is 16.7 Å². The summed E-state index contributed by atoms with van der Waals surface area (Å²) in [4.78, 5) is 14.8. The first-order valence-electron chi connectivity index (χ1n) is 7.29. The van der Waals surface area contributed by atoms with E-state index in [0.29, 0.717) is 31.4 Å². The molecule has 4 nitrogen and oxygen atoms in total. The molecule has 128 valence electrons. The van der Waals surface area contributed by atoms with Crippen LogP contribution in [0.5, 0.6) is 11.5 Å². The van der Waals surface area contributed by atoms with Crippen molar-refractivity contribution >= 4 is 57.6 Å². The molecule has 0 aliphatic carbocycles. The maximum Gasteiger partial charge on any atom is 0.270 e. The number of carbonyl (C=O) groups excluding carboxylic acids is 1. The molecule has 1 aliphatic heterocycles. The molecule has 0 atom stereocenters. The Morgan fingerprint density at radius 3 is 2.60 bits per heavy atom. The fraction of sp³-hybridized carbons (Fsp3) is 0.111. The van der Waals surface area contributed by atoms with Gasteiger partial charge < -0.3 is 9.47 Å². The highest BCUT2D eigenvalue weighted by molar-refractivity contribution is 8.27. The van der Waals surface area contributed by atoms with Gasteiger partial charge in [-0.3, -0.25) is 9.69 Å². The Labute approximate surface area is 160 Å². The lowest BCUT2D eigenvalue weighted by Crippen LogP contribution is -2.27. The van der Waals surface area contributed by atoms with Gasteiger partial charge in [-0.15, -0.1) is 0 Å². The van der Waals surface area contributed by atoms with Gasteiger partial charge in [0.25, 0.3) is 5.91 Å². The van der Waals surface area contributed by atoms with E-state index < -0.39 is 0 Å². The lowest BCUT2D eigenvalue weighted by molar-refractivity contribution is -0.113. The van der Waals surface area contributed by atoms with Crippen LogP contribution in [0.15, 0.2) is 47.4 Å². The van der Waals surface area contributed by atoms with Crippen molar-refractivity contribution in [3.63, 3.8) is 0 Å². The zero-order valence-electron chi connectivity index (χ0n) is 13.5. The lowest BCUT2D eigenvalue weighted by atomic mass is 10.1. The van der Waals surface area contributed by atoms with Crippen LogP contribution in [0, 0.1) is 0 Å². The minimum absolute atomic E-state index is 0.192. The Balaban J connectivity index is 1.99. The average Bonchev–Trinajstić information content (AvgIpc) is 2.88. The quantitative estimate of drug-likeness (QED) is 0.554. The molecule has 1 fully saturated rings. The van der Waals surface area contributed by atoms with Gasteiger partial charge in [0.2, 0.25) is 0 Å². The average molecular weight is 392 g/mol. The van der Waals surface area contributed by atoms with Gasteiger partial charge in [0.05, 0.1) is 24.8 Å². The molecule has 0 bridgehead atoms. The molecule has 2 aromatic rings. The normalized spacial score (nSPS) is 15.8. The number of thioether (sulfide) groups is 1. The number of halogens is 1. The van der Waals surface area contributed by atoms with Crippen molar-refractivity contribution in [2.24, 2.45) is 0 Å². The molecule has 0 aromatic heterocycles. The molecule has 1 saturated heterocycles. The molecule has 0 radical (unpaired) electrons. The molecule has 2 aromatic carbocycles. The van der Waals surface area contributed by atoms with E-state index in [9.17, 15) is 4.79 Å². The van der Waals surface area contributed by atoms with Crippen LogP contribution in [0.4, 0.5) is 5.69 Å². The zero-order chi connectivity index (χ0) is 18.0. The number of para-hydroxylation sites is 1. The number of thiocarbonyl (C=S) groups is 1. The number of amides is 1. The predicted octanol–water partition coefficient (Wildman–Crippen LogP) is 4.76. The third-order valence-corrected chi connectivity index (χ3v) is 5.12. The lowest BCUT2D eigenvalue weighted by Gasteiger charge is -2.14. The van der Waals surface area contributed by atoms with Gasteiger partial charge in [-0.2, -0.15) is 0 Å². The number of hydrogen-bond donors (Lipinski definition) is 0. The Kier molecular flexibility index (Phi) is 5.32. The van der Waals surface area contributed by atoms with E-state index in [0.717, 1.165) is 5.56 Å². The maximum absolute atomic E-state index is 12.8. The van der Waals surface area contributed by atoms with Crippen LogP contribution in [-0.4, -0.2) is 24.4 Å². The third kappa shape index (κ3) is 3.51. The molecular weight excluding hydrogens is 378 g/mol. The summed E-state index contributed by atoms with van der Waals surface area (Å²) in [6.07, 6.45) is 1.76. The van der Waals surface area contributed by atoms with E-state index in [1.807, 2.05) is 12.1 Å². The smallest absolute Gasteiger partial charge is 0.270 e. The van der Waals surface area contributed by atoms with E-state index in [1.54, 1.807) is 50.6 Å². The molecule has 0 spiro atoms. The standard InChI is InChI=1S/C18H14ClNO3S2/c1-22-14-8-3-5-11(16(14)23-2)9-15-17(21)20(18(24)25-15)13-7-4-6-12(19)10-13/h3-10H,1-2H3/b15-9-. The van der Waals surface area contributed by atoms with Crippen LogP contribution in [0.2, 0.25) is 5.02 Å². The third-order valence-electron chi connectivity index (χ3n) is 3.58. The fourth-order valence-electron chi connectivity index (χ4n) is 2.47. The van der Waals surface area contributed by atoms with Crippen molar-refractivity contribution in [1.82, 2.24) is 0 Å². The first kappa shape index (κ1) is 17.8. The van der Waals surface area contributed by atoms with E-state index in [4.69, 9.17) is 33.3 Å². The number of carbonyl (C=O) groups is 1. The Bertz CT molecular complexity index is 882. The number of anilines is 1. The van der Waals surface area contributed by atoms with E-state index in [-0.39, 0.29) is 5.91 Å². The summed E-state index contributed by atoms with van der Waals surface area (Å²) >= 11 is 12.6. The Morgan fingerprint density at radius 2 is 1.92 bits per heavy atom. The summed E-state index contributed by atoms with van der Waals surface area (Å²) < 4.78 is 11.2. The number of benzene rings is 2. The van der Waals surface area contributed by atoms with Gasteiger partial charge in [-0.25, -0.2) is 0 Å². The highest BCUT2D eigenvalue weighted by Gasteiger charge is 2.33. The van der Waals surface area contributed by atoms with Crippen LogP contribution in [-0.2, 0) is 4.79 Å². The number of rotatable bonds is 4. The highest BCUT2D eigenvalue weighted by Crippen LogP contribution is 2.39. The Hall–Kier alpha value is -2.02. The molecular formula is C18H14ClNO3S2. The largest absolute Gasteiger partial charge is 0.493 e. The molecule has 1 heterocycles. The number of methoxy groups -OCH3 is 2. The van der Waals surface area contributed by atoms with Crippen LogP contribution in [0.3, 0.4) is 0 Å². The van der Waals surface area contributed by atoms with E-state index in [2.05, 4.69) is 0 Å². The molecule has 0 N–H and O–H groups in total. The number of ether oxygens (including phenoxy) is 2. The summed E-state index contributed by atoms with van der Waals surface area (Å²) in [5.74, 6) is 0.974. The highest BCUT2D eigenvalue weighted by atomic mass is 35.5. The van der Waals surface area contributed by atoms with Crippen molar-refractivity contribution in [3.8, 4) is 11.5 Å². The molecule has 0 saturated carbocycles. The Morgan fingerprint density at radius 1 is 1.16 bits per heavy atom. The summed E-state index contributed by atoms with van der Waals surface area (Å²) in [7, 11) is 3.13. The van der Waals surface area contributed by atoms with Crippen molar-refractivity contribution < 1.29 is 14.3 Å². The minimum atomic E-state index is -0.192. The molecule has 1 aliphatic rings. The summed E-state index contributed by atoms with van der Waals surface area (Å²) in [5, 5.41) is 0.546. The molecule has 3 rings (SSSR count). The number of hydrogen-bond acceptors (Lipinski definition) is 5. The van der Waals surface area contributed by atoms with Crippen LogP contribution < -0.4 is 14.4 Å². The summed E-state index contributed by atoms with van der Waals surface area (Å²) in [6, 6.07) is 12.5. The van der Waals surface area contributed by atoms with Crippen molar-refractivity contribution in [2.75, 3.05) is 19.1 Å². The number of nitrogens with zero attached hydrogens (tertiary/aromatic N) is 1.